The molecule has 0 atom stereocenters. The number of aliphatic imine (C=N–C) groups is 1. The van der Waals surface area contributed by atoms with E-state index in [0.717, 1.165) is 18.0 Å². The number of oxazole rings is 1. The molecule has 0 bridgehead atoms. The van der Waals surface area contributed by atoms with E-state index in [1.165, 1.54) is 10.6 Å². The Morgan fingerprint density at radius 2 is 1.96 bits per heavy atom. The largest absolute Gasteiger partial charge is 0.444 e. The van der Waals surface area contributed by atoms with Crippen LogP contribution < -0.4 is 10.6 Å². The lowest BCUT2D eigenvalue weighted by Gasteiger charge is -2.18. The average molecular weight is 487 g/mol. The van der Waals surface area contributed by atoms with Crippen molar-refractivity contribution >= 4 is 40.0 Å². The Morgan fingerprint density at radius 1 is 1.28 bits per heavy atom. The molecule has 2 N–H and O–H groups in total. The van der Waals surface area contributed by atoms with Crippen molar-refractivity contribution in [2.24, 2.45) is 4.99 Å². The molecule has 0 saturated heterocycles. The van der Waals surface area contributed by atoms with Gasteiger partial charge in [-0.05, 0) is 27.2 Å². The van der Waals surface area contributed by atoms with Crippen LogP contribution in [-0.2, 0) is 16.6 Å². The predicted octanol–water partition coefficient (Wildman–Crippen LogP) is 1.64. The second-order valence-electron chi connectivity index (χ2n) is 5.48. The molecule has 0 radical (unpaired) electrons. The van der Waals surface area contributed by atoms with Gasteiger partial charge in [-0.3, -0.25) is 0 Å². The molecule has 10 heteroatoms. The highest BCUT2D eigenvalue weighted by Gasteiger charge is 2.13. The maximum Gasteiger partial charge on any atom is 0.216 e. The van der Waals surface area contributed by atoms with E-state index >= 15 is 0 Å². The van der Waals surface area contributed by atoms with Crippen molar-refractivity contribution in [1.29, 1.82) is 0 Å². The van der Waals surface area contributed by atoms with Crippen LogP contribution >= 0.6 is 24.0 Å². The minimum Gasteiger partial charge on any atom is -0.444 e. The van der Waals surface area contributed by atoms with Gasteiger partial charge in [-0.2, -0.15) is 0 Å². The lowest BCUT2D eigenvalue weighted by atomic mass is 10.4. The number of hydrogen-bond donors (Lipinski definition) is 2. The van der Waals surface area contributed by atoms with Crippen molar-refractivity contribution in [1.82, 2.24) is 19.9 Å². The maximum absolute atomic E-state index is 11.5. The van der Waals surface area contributed by atoms with Crippen LogP contribution in [0.4, 0.5) is 0 Å². The summed E-state index contributed by atoms with van der Waals surface area (Å²) in [6, 6.07) is 0. The molecule has 0 amide bonds. The lowest BCUT2D eigenvalue weighted by molar-refractivity contribution is 0.424. The zero-order chi connectivity index (χ0) is 18.2. The summed E-state index contributed by atoms with van der Waals surface area (Å²) in [6.45, 7) is 10.3. The normalized spacial score (nSPS) is 12.2. The minimum absolute atomic E-state index is 0. The first-order valence-electron chi connectivity index (χ1n) is 8.18. The molecular formula is C15H30IN5O3S. The van der Waals surface area contributed by atoms with E-state index in [0.29, 0.717) is 44.5 Å². The average Bonchev–Trinajstić information content (AvgIpc) is 2.82. The molecule has 0 aliphatic heterocycles. The van der Waals surface area contributed by atoms with E-state index in [1.54, 1.807) is 0 Å². The van der Waals surface area contributed by atoms with Crippen molar-refractivity contribution < 1.29 is 12.8 Å². The smallest absolute Gasteiger partial charge is 0.216 e. The van der Waals surface area contributed by atoms with E-state index in [2.05, 4.69) is 20.6 Å². The second kappa shape index (κ2) is 11.7. The van der Waals surface area contributed by atoms with E-state index in [-0.39, 0.29) is 24.0 Å². The molecule has 0 aliphatic rings. The number of aryl methyl sites for hydroxylation is 2. The predicted molar refractivity (Wildman–Crippen MR) is 111 cm³/mol. The summed E-state index contributed by atoms with van der Waals surface area (Å²) in [4.78, 5) is 8.73. The van der Waals surface area contributed by atoms with Crippen LogP contribution in [0, 0.1) is 13.8 Å². The Kier molecular flexibility index (Phi) is 11.3. The molecule has 1 aromatic rings. The molecule has 0 aliphatic carbocycles. The fraction of sp³-hybridized carbons (Fsp3) is 0.733. The van der Waals surface area contributed by atoms with Gasteiger partial charge in [0.1, 0.15) is 12.3 Å². The van der Waals surface area contributed by atoms with E-state index in [4.69, 9.17) is 4.42 Å². The molecule has 0 aromatic carbocycles. The number of nitrogens with zero attached hydrogens (tertiary/aromatic N) is 3. The quantitative estimate of drug-likeness (QED) is 0.238. The Balaban J connectivity index is 0.00000576. The second-order valence-corrected chi connectivity index (χ2v) is 7.46. The van der Waals surface area contributed by atoms with E-state index in [9.17, 15) is 8.42 Å². The van der Waals surface area contributed by atoms with Crippen LogP contribution in [-0.4, -0.2) is 56.1 Å². The van der Waals surface area contributed by atoms with Crippen LogP contribution in [0.15, 0.2) is 9.41 Å². The molecule has 1 heterocycles. The van der Waals surface area contributed by atoms with Crippen LogP contribution in [0.25, 0.3) is 0 Å². The summed E-state index contributed by atoms with van der Waals surface area (Å²) < 4.78 is 30.0. The summed E-state index contributed by atoms with van der Waals surface area (Å²) in [5, 5.41) is 6.34. The maximum atomic E-state index is 11.5. The van der Waals surface area contributed by atoms with Gasteiger partial charge in [0.05, 0.1) is 11.9 Å². The number of sulfonamides is 1. The number of hydrogen-bond acceptors (Lipinski definition) is 5. The van der Waals surface area contributed by atoms with E-state index in [1.807, 2.05) is 27.7 Å². The third-order valence-electron chi connectivity index (χ3n) is 3.49. The molecule has 1 rings (SSSR count). The standard InChI is InChI=1S/C15H29N5O3S.HI/c1-6-16-15(18-11-14-19-12(3)13(4)23-14)17-9-8-10-20(7-2)24(5,21)22;/h6-11H2,1-5H3,(H2,16,17,18);1H. The fourth-order valence-corrected chi connectivity index (χ4v) is 3.05. The van der Waals surface area contributed by atoms with Gasteiger partial charge in [-0.15, -0.1) is 24.0 Å². The highest BCUT2D eigenvalue weighted by Crippen LogP contribution is 2.08. The Morgan fingerprint density at radius 3 is 2.44 bits per heavy atom. The molecule has 8 nitrogen and oxygen atoms in total. The summed E-state index contributed by atoms with van der Waals surface area (Å²) >= 11 is 0. The van der Waals surface area contributed by atoms with Gasteiger partial charge in [-0.1, -0.05) is 6.92 Å². The zero-order valence-electron chi connectivity index (χ0n) is 15.6. The van der Waals surface area contributed by atoms with Gasteiger partial charge in [0.2, 0.25) is 15.9 Å². The summed E-state index contributed by atoms with van der Waals surface area (Å²) in [6.07, 6.45) is 1.93. The summed E-state index contributed by atoms with van der Waals surface area (Å²) in [5.74, 6) is 2.04. The first-order valence-corrected chi connectivity index (χ1v) is 10.0. The fourth-order valence-electron chi connectivity index (χ4n) is 2.12. The van der Waals surface area contributed by atoms with Crippen LogP contribution in [0.1, 0.15) is 37.6 Å². The van der Waals surface area contributed by atoms with Gasteiger partial charge in [0.15, 0.2) is 5.96 Å². The third kappa shape index (κ3) is 8.86. The molecule has 0 spiro atoms. The lowest BCUT2D eigenvalue weighted by Crippen LogP contribution is -2.39. The Labute approximate surface area is 167 Å². The molecular weight excluding hydrogens is 457 g/mol. The number of nitrogens with one attached hydrogen (secondary N) is 2. The van der Waals surface area contributed by atoms with Gasteiger partial charge < -0.3 is 15.1 Å². The van der Waals surface area contributed by atoms with Crippen molar-refractivity contribution in [2.45, 2.75) is 40.7 Å². The van der Waals surface area contributed by atoms with Crippen LogP contribution in [0.5, 0.6) is 0 Å². The monoisotopic (exact) mass is 487 g/mol. The van der Waals surface area contributed by atoms with Crippen LogP contribution in [0.2, 0.25) is 0 Å². The van der Waals surface area contributed by atoms with E-state index < -0.39 is 10.0 Å². The van der Waals surface area contributed by atoms with Gasteiger partial charge in [0, 0.05) is 26.2 Å². The first-order chi connectivity index (χ1) is 11.3. The molecule has 146 valence electrons. The van der Waals surface area contributed by atoms with Crippen molar-refractivity contribution in [3.63, 3.8) is 0 Å². The number of rotatable bonds is 9. The first kappa shape index (κ1) is 24.1. The summed E-state index contributed by atoms with van der Waals surface area (Å²) in [5.41, 5.74) is 0.874. The molecule has 0 saturated carbocycles. The molecule has 0 unspecified atom stereocenters. The Bertz CT molecular complexity index is 626. The number of halogens is 1. The molecule has 25 heavy (non-hydrogen) atoms. The van der Waals surface area contributed by atoms with Crippen molar-refractivity contribution in [2.75, 3.05) is 32.4 Å². The minimum atomic E-state index is -3.13. The molecule has 1 aromatic heterocycles. The summed E-state index contributed by atoms with van der Waals surface area (Å²) in [7, 11) is -3.13. The topological polar surface area (TPSA) is 99.8 Å². The third-order valence-corrected chi connectivity index (χ3v) is 4.87. The van der Waals surface area contributed by atoms with Gasteiger partial charge in [0.25, 0.3) is 0 Å². The molecule has 0 fully saturated rings. The van der Waals surface area contributed by atoms with Crippen molar-refractivity contribution in [3.8, 4) is 0 Å². The number of aromatic nitrogens is 1. The highest BCUT2D eigenvalue weighted by atomic mass is 127. The number of guanidine groups is 1. The zero-order valence-corrected chi connectivity index (χ0v) is 18.8. The van der Waals surface area contributed by atoms with Crippen molar-refractivity contribution in [3.05, 3.63) is 17.3 Å². The highest BCUT2D eigenvalue weighted by molar-refractivity contribution is 14.0. The Hall–Kier alpha value is -0.880. The van der Waals surface area contributed by atoms with Gasteiger partial charge >= 0.3 is 0 Å². The van der Waals surface area contributed by atoms with Crippen LogP contribution in [0.3, 0.4) is 0 Å². The van der Waals surface area contributed by atoms with Gasteiger partial charge in [-0.25, -0.2) is 22.7 Å². The SMILES string of the molecule is CCNC(=NCc1nc(C)c(C)o1)NCCCN(CC)S(C)(=O)=O.I.